The van der Waals surface area contributed by atoms with E-state index >= 15 is 0 Å². The van der Waals surface area contributed by atoms with Gasteiger partial charge in [-0.15, -0.1) is 0 Å². The summed E-state index contributed by atoms with van der Waals surface area (Å²) in [5, 5.41) is 0. The van der Waals surface area contributed by atoms with Crippen LogP contribution < -0.4 is 0 Å². The van der Waals surface area contributed by atoms with Crippen LogP contribution in [0.5, 0.6) is 0 Å². The number of aryl methyl sites for hydroxylation is 4. The Kier molecular flexibility index (Phi) is 30.6. The molecular formula is C51H90NO10P. The Morgan fingerprint density at radius 3 is 1.30 bits per heavy atom. The zero-order valence-electron chi connectivity index (χ0n) is 41.2. The summed E-state index contributed by atoms with van der Waals surface area (Å²) >= 11 is 0. The fourth-order valence-electron chi connectivity index (χ4n) is 7.87. The van der Waals surface area contributed by atoms with Gasteiger partial charge in [-0.25, -0.2) is 4.57 Å². The van der Waals surface area contributed by atoms with Crippen LogP contribution in [0.2, 0.25) is 0 Å². The van der Waals surface area contributed by atoms with Gasteiger partial charge in [0.15, 0.2) is 6.10 Å². The Bertz CT molecular complexity index is 1570. The summed E-state index contributed by atoms with van der Waals surface area (Å²) in [5.41, 5.74) is 5.30. The zero-order valence-corrected chi connectivity index (χ0v) is 42.1. The zero-order chi connectivity index (χ0) is 46.3. The van der Waals surface area contributed by atoms with Crippen molar-refractivity contribution in [1.29, 1.82) is 0 Å². The van der Waals surface area contributed by atoms with Gasteiger partial charge in [0.1, 0.15) is 29.6 Å². The van der Waals surface area contributed by atoms with Crippen LogP contribution in [-0.4, -0.2) is 68.3 Å². The van der Waals surface area contributed by atoms with E-state index < -0.39 is 26.5 Å². The van der Waals surface area contributed by atoms with E-state index in [0.717, 1.165) is 95.0 Å². The van der Waals surface area contributed by atoms with E-state index in [4.69, 9.17) is 27.4 Å². The number of hydrogen-bond donors (Lipinski definition) is 1. The fourth-order valence-corrected chi connectivity index (χ4v) is 8.61. The maximum absolute atomic E-state index is 12.8. The van der Waals surface area contributed by atoms with Gasteiger partial charge >= 0.3 is 19.8 Å². The summed E-state index contributed by atoms with van der Waals surface area (Å²) in [6.45, 7) is 13.0. The molecule has 0 spiro atoms. The molecular weight excluding hydrogens is 818 g/mol. The van der Waals surface area contributed by atoms with Crippen LogP contribution in [0.4, 0.5) is 0 Å². The topological polar surface area (TPSA) is 138 Å². The Balaban J connectivity index is 1.61. The van der Waals surface area contributed by atoms with Gasteiger partial charge in [0.2, 0.25) is 0 Å². The van der Waals surface area contributed by atoms with E-state index in [-0.39, 0.29) is 32.0 Å². The first kappa shape index (κ1) is 56.7. The van der Waals surface area contributed by atoms with Crippen LogP contribution in [0.1, 0.15) is 213 Å². The van der Waals surface area contributed by atoms with Crippen molar-refractivity contribution in [2.45, 2.75) is 227 Å². The van der Waals surface area contributed by atoms with Crippen molar-refractivity contribution in [3.63, 3.8) is 0 Å². The number of hydrogen-bond acceptors (Lipinski definition) is 10. The number of carbonyl (C=O) groups is 2. The molecule has 0 saturated carbocycles. The van der Waals surface area contributed by atoms with E-state index in [1.165, 1.54) is 111 Å². The maximum atomic E-state index is 12.8. The molecule has 12 heteroatoms. The average molecular weight is 908 g/mol. The first-order valence-electron chi connectivity index (χ1n) is 25.0. The van der Waals surface area contributed by atoms with E-state index in [1.807, 2.05) is 19.0 Å². The van der Waals surface area contributed by atoms with Crippen LogP contribution in [0.25, 0.3) is 0 Å². The number of rotatable bonds is 40. The molecule has 1 N–H and O–H groups in total. The molecule has 2 rings (SSSR count). The molecule has 0 aliphatic rings. The molecule has 0 bridgehead atoms. The Labute approximate surface area is 383 Å². The van der Waals surface area contributed by atoms with Gasteiger partial charge in [-0.2, -0.15) is 0 Å². The number of furan rings is 2. The quantitative estimate of drug-likeness (QED) is 0.0388. The first-order valence-corrected chi connectivity index (χ1v) is 26.5. The molecule has 2 atom stereocenters. The average Bonchev–Trinajstić information content (AvgIpc) is 3.67. The fraction of sp³-hybridized carbons (Fsp3) is 0.804. The Hall–Kier alpha value is -2.43. The first-order chi connectivity index (χ1) is 30.3. The second kappa shape index (κ2) is 34.0. The minimum absolute atomic E-state index is 0.00487. The molecule has 0 fully saturated rings. The molecule has 11 nitrogen and oxygen atoms in total. The van der Waals surface area contributed by atoms with Crippen LogP contribution in [0.15, 0.2) is 8.83 Å². The van der Waals surface area contributed by atoms with Crippen LogP contribution in [0.3, 0.4) is 0 Å². The van der Waals surface area contributed by atoms with E-state index in [2.05, 4.69) is 41.5 Å². The normalized spacial score (nSPS) is 13.2. The summed E-state index contributed by atoms with van der Waals surface area (Å²) in [5.74, 6) is 3.81. The molecule has 63 heavy (non-hydrogen) atoms. The highest BCUT2D eigenvalue weighted by Gasteiger charge is 2.26. The summed E-state index contributed by atoms with van der Waals surface area (Å²) in [7, 11) is -0.746. The second-order valence-electron chi connectivity index (χ2n) is 18.2. The lowest BCUT2D eigenvalue weighted by Gasteiger charge is -2.20. The Morgan fingerprint density at radius 1 is 0.540 bits per heavy atom. The summed E-state index contributed by atoms with van der Waals surface area (Å²) in [4.78, 5) is 37.4. The molecule has 2 aromatic heterocycles. The van der Waals surface area contributed by atoms with Crippen molar-refractivity contribution >= 4 is 19.8 Å². The number of phosphoric ester groups is 1. The van der Waals surface area contributed by atoms with Crippen molar-refractivity contribution < 1.29 is 46.4 Å². The molecule has 2 aromatic rings. The molecule has 1 unspecified atom stereocenters. The smallest absolute Gasteiger partial charge is 0.466 e. The van der Waals surface area contributed by atoms with Crippen molar-refractivity contribution in [2.24, 2.45) is 0 Å². The van der Waals surface area contributed by atoms with Crippen LogP contribution >= 0.6 is 7.82 Å². The van der Waals surface area contributed by atoms with Crippen molar-refractivity contribution in [3.8, 4) is 0 Å². The largest absolute Gasteiger partial charge is 0.472 e. The van der Waals surface area contributed by atoms with E-state index in [1.54, 1.807) is 0 Å². The highest BCUT2D eigenvalue weighted by Crippen LogP contribution is 2.43. The lowest BCUT2D eigenvalue weighted by molar-refractivity contribution is -0.161. The summed E-state index contributed by atoms with van der Waals surface area (Å²) < 4.78 is 46.2. The SMILES string of the molecule is CCCCCc1oc(CCCCCCCCCCCCC(=O)OC[C@H](COP(=O)(O)OCCN(C)C)OC(=O)CCCCCCCCc2oc(CCCCC)c(C)c2C)c(C)c1C. The number of unbranched alkanes of at least 4 members (excludes halogenated alkanes) is 18. The molecule has 0 aliphatic carbocycles. The Morgan fingerprint density at radius 2 is 0.905 bits per heavy atom. The number of phosphoric acid groups is 1. The molecule has 0 radical (unpaired) electrons. The predicted molar refractivity (Wildman–Crippen MR) is 254 cm³/mol. The van der Waals surface area contributed by atoms with Crippen molar-refractivity contribution in [3.05, 3.63) is 45.3 Å². The van der Waals surface area contributed by atoms with Gasteiger partial charge < -0.3 is 28.1 Å². The van der Waals surface area contributed by atoms with Crippen molar-refractivity contribution in [2.75, 3.05) is 40.5 Å². The minimum Gasteiger partial charge on any atom is -0.466 e. The standard InChI is InChI=1S/C51H90NO10P/c1-9-11-25-31-46-41(3)43(5)48(61-46)33-27-21-17-15-13-14-16-18-23-29-35-50(53)57-39-45(40-59-63(55,56)58-38-37-52(7)8)60-51(54)36-30-24-20-19-22-28-34-49-44(6)42(4)47(62-49)32-26-12-10-2/h45H,9-40H2,1-8H3,(H,55,56)/t45-/m1/s1. The number of esters is 2. The number of likely N-dealkylation sites (N-methyl/N-ethyl adjacent to an activating group) is 1. The molecule has 0 aromatic carbocycles. The van der Waals surface area contributed by atoms with Gasteiger partial charge in [-0.05, 0) is 103 Å². The lowest BCUT2D eigenvalue weighted by Crippen LogP contribution is -2.29. The van der Waals surface area contributed by atoms with E-state index in [9.17, 15) is 19.0 Å². The molecule has 0 amide bonds. The van der Waals surface area contributed by atoms with Crippen molar-refractivity contribution in [1.82, 2.24) is 4.90 Å². The van der Waals surface area contributed by atoms with Gasteiger partial charge in [0.25, 0.3) is 0 Å². The van der Waals surface area contributed by atoms with Crippen LogP contribution in [0, 0.1) is 27.7 Å². The van der Waals surface area contributed by atoms with Gasteiger partial charge in [0, 0.05) is 45.1 Å². The molecule has 364 valence electrons. The van der Waals surface area contributed by atoms with Gasteiger partial charge in [0.05, 0.1) is 13.2 Å². The number of nitrogens with zero attached hydrogens (tertiary/aromatic N) is 1. The van der Waals surface area contributed by atoms with E-state index in [0.29, 0.717) is 13.0 Å². The highest BCUT2D eigenvalue weighted by molar-refractivity contribution is 7.47. The maximum Gasteiger partial charge on any atom is 0.472 e. The molecule has 2 heterocycles. The van der Waals surface area contributed by atoms with Gasteiger partial charge in [-0.1, -0.05) is 117 Å². The third-order valence-corrected chi connectivity index (χ3v) is 13.3. The third-order valence-electron chi connectivity index (χ3n) is 12.3. The minimum atomic E-state index is -4.39. The predicted octanol–water partition coefficient (Wildman–Crippen LogP) is 13.5. The summed E-state index contributed by atoms with van der Waals surface area (Å²) in [6, 6.07) is 0. The van der Waals surface area contributed by atoms with Crippen LogP contribution in [-0.2, 0) is 58.4 Å². The second-order valence-corrected chi connectivity index (χ2v) is 19.6. The highest BCUT2D eigenvalue weighted by atomic mass is 31.2. The summed E-state index contributed by atoms with van der Waals surface area (Å²) in [6.07, 6.45) is 27.9. The monoisotopic (exact) mass is 908 g/mol. The lowest BCUT2D eigenvalue weighted by atomic mass is 10.0. The third kappa shape index (κ3) is 25.7. The number of carbonyl (C=O) groups excluding carboxylic acids is 2. The molecule has 0 saturated heterocycles. The molecule has 0 aliphatic heterocycles. The van der Waals surface area contributed by atoms with Gasteiger partial charge in [-0.3, -0.25) is 18.6 Å². The number of ether oxygens (including phenoxy) is 2.